The lowest BCUT2D eigenvalue weighted by atomic mass is 9.78. The lowest BCUT2D eigenvalue weighted by molar-refractivity contribution is -0.135. The number of nitrogens with one attached hydrogen (secondary N) is 1. The number of halogens is 1. The predicted molar refractivity (Wildman–Crippen MR) is 119 cm³/mol. The van der Waals surface area contributed by atoms with Gasteiger partial charge in [-0.25, -0.2) is 0 Å². The molecule has 4 unspecified atom stereocenters. The van der Waals surface area contributed by atoms with Gasteiger partial charge < -0.3 is 16.0 Å². The Morgan fingerprint density at radius 1 is 1.07 bits per heavy atom. The molecule has 164 valence electrons. The fraction of sp³-hybridized carbons (Fsp3) is 0.652. The number of piperazine rings is 1. The molecule has 0 radical (unpaired) electrons. The molecule has 2 aliphatic carbocycles. The molecule has 3 N–H and O–H groups in total. The number of carbonyl (C=O) groups is 2. The van der Waals surface area contributed by atoms with Crippen molar-refractivity contribution < 1.29 is 9.59 Å². The lowest BCUT2D eigenvalue weighted by Crippen LogP contribution is -2.46. The summed E-state index contributed by atoms with van der Waals surface area (Å²) in [4.78, 5) is 29.4. The maximum atomic E-state index is 12.7. The molecule has 7 heteroatoms. The van der Waals surface area contributed by atoms with Gasteiger partial charge in [0.1, 0.15) is 0 Å². The summed E-state index contributed by atoms with van der Waals surface area (Å²) in [5.41, 5.74) is 6.79. The third-order valence-corrected chi connectivity index (χ3v) is 7.53. The van der Waals surface area contributed by atoms with E-state index in [4.69, 9.17) is 17.3 Å². The third-order valence-electron chi connectivity index (χ3n) is 7.29. The van der Waals surface area contributed by atoms with Crippen LogP contribution in [-0.4, -0.2) is 56.0 Å². The largest absolute Gasteiger partial charge is 0.369 e. The van der Waals surface area contributed by atoms with Crippen molar-refractivity contribution >= 4 is 29.1 Å². The number of hydrogen-bond acceptors (Lipinski definition) is 4. The number of amides is 2. The topological polar surface area (TPSA) is 78.7 Å². The van der Waals surface area contributed by atoms with Crippen molar-refractivity contribution in [1.82, 2.24) is 10.2 Å². The lowest BCUT2D eigenvalue weighted by Gasteiger charge is -2.36. The van der Waals surface area contributed by atoms with Gasteiger partial charge in [-0.1, -0.05) is 17.7 Å². The molecule has 4 atom stereocenters. The molecule has 1 saturated heterocycles. The molecule has 4 rings (SSSR count). The van der Waals surface area contributed by atoms with Crippen LogP contribution in [-0.2, 0) is 9.59 Å². The second-order valence-corrected chi connectivity index (χ2v) is 9.53. The van der Waals surface area contributed by atoms with Gasteiger partial charge in [0.25, 0.3) is 0 Å². The Labute approximate surface area is 184 Å². The molecule has 1 aromatic carbocycles. The molecule has 2 saturated carbocycles. The van der Waals surface area contributed by atoms with Crippen LogP contribution >= 0.6 is 11.6 Å². The van der Waals surface area contributed by atoms with Gasteiger partial charge in [-0.15, -0.1) is 0 Å². The first kappa shape index (κ1) is 21.4. The van der Waals surface area contributed by atoms with E-state index in [1.807, 2.05) is 18.2 Å². The quantitative estimate of drug-likeness (QED) is 0.618. The van der Waals surface area contributed by atoms with E-state index in [0.29, 0.717) is 18.4 Å². The zero-order chi connectivity index (χ0) is 21.1. The Hall–Kier alpha value is -1.79. The molecule has 3 aliphatic rings. The highest BCUT2D eigenvalue weighted by Crippen LogP contribution is 2.52. The fourth-order valence-electron chi connectivity index (χ4n) is 5.77. The Morgan fingerprint density at radius 2 is 1.80 bits per heavy atom. The van der Waals surface area contributed by atoms with E-state index in [-0.39, 0.29) is 23.7 Å². The Morgan fingerprint density at radius 3 is 2.50 bits per heavy atom. The highest BCUT2D eigenvalue weighted by atomic mass is 35.5. The fourth-order valence-corrected chi connectivity index (χ4v) is 5.95. The molecular formula is C23H33ClN4O2. The van der Waals surface area contributed by atoms with Gasteiger partial charge in [0.05, 0.1) is 11.8 Å². The van der Waals surface area contributed by atoms with Crippen molar-refractivity contribution in [1.29, 1.82) is 0 Å². The van der Waals surface area contributed by atoms with Crippen molar-refractivity contribution in [3.05, 3.63) is 29.3 Å². The van der Waals surface area contributed by atoms with Crippen LogP contribution < -0.4 is 16.0 Å². The van der Waals surface area contributed by atoms with Gasteiger partial charge in [-0.3, -0.25) is 14.5 Å². The molecule has 0 aromatic heterocycles. The van der Waals surface area contributed by atoms with Crippen LogP contribution in [0.1, 0.15) is 32.1 Å². The van der Waals surface area contributed by atoms with Gasteiger partial charge in [0.15, 0.2) is 0 Å². The number of anilines is 1. The summed E-state index contributed by atoms with van der Waals surface area (Å²) in [7, 11) is 0. The van der Waals surface area contributed by atoms with E-state index >= 15 is 0 Å². The monoisotopic (exact) mass is 432 g/mol. The number of hydrogen-bond donors (Lipinski definition) is 2. The van der Waals surface area contributed by atoms with Crippen molar-refractivity contribution in [2.24, 2.45) is 29.4 Å². The third kappa shape index (κ3) is 4.75. The molecular weight excluding hydrogens is 400 g/mol. The zero-order valence-corrected chi connectivity index (χ0v) is 18.3. The number of nitrogens with two attached hydrogens (primary N) is 1. The van der Waals surface area contributed by atoms with E-state index in [1.165, 1.54) is 5.69 Å². The van der Waals surface area contributed by atoms with Gasteiger partial charge in [0.2, 0.25) is 11.8 Å². The molecule has 0 spiro atoms. The standard InChI is InChI=1S/C23H33ClN4O2/c24-18-4-3-5-19(15-18)28-12-10-27(11-13-28)9-2-1-8-26-23(30)21-17-7-6-16(14-17)20(21)22(25)29/h3-5,15-17,20-21H,1-2,6-14H2,(H2,25,29)(H,26,30). The van der Waals surface area contributed by atoms with Crippen LogP contribution in [0.15, 0.2) is 24.3 Å². The molecule has 2 bridgehead atoms. The molecule has 30 heavy (non-hydrogen) atoms. The molecule has 3 fully saturated rings. The summed E-state index contributed by atoms with van der Waals surface area (Å²) in [5.74, 6) is -0.0159. The van der Waals surface area contributed by atoms with Crippen LogP contribution in [0.2, 0.25) is 5.02 Å². The molecule has 1 aromatic rings. The maximum Gasteiger partial charge on any atom is 0.224 e. The summed E-state index contributed by atoms with van der Waals surface area (Å²) >= 11 is 6.11. The summed E-state index contributed by atoms with van der Waals surface area (Å²) in [6.07, 6.45) is 5.13. The summed E-state index contributed by atoms with van der Waals surface area (Å²) in [6.45, 7) is 5.85. The van der Waals surface area contributed by atoms with Crippen LogP contribution in [0.5, 0.6) is 0 Å². The Bertz CT molecular complexity index is 765. The first-order valence-electron chi connectivity index (χ1n) is 11.3. The second-order valence-electron chi connectivity index (χ2n) is 9.09. The van der Waals surface area contributed by atoms with Crippen LogP contribution in [0.4, 0.5) is 5.69 Å². The first-order chi connectivity index (χ1) is 14.5. The SMILES string of the molecule is NC(=O)C1C2CCC(C2)C1C(=O)NCCCCN1CCN(c2cccc(Cl)c2)CC1. The first-order valence-corrected chi connectivity index (χ1v) is 11.7. The van der Waals surface area contributed by atoms with Crippen molar-refractivity contribution in [2.45, 2.75) is 32.1 Å². The van der Waals surface area contributed by atoms with E-state index in [2.05, 4.69) is 21.2 Å². The number of carbonyl (C=O) groups excluding carboxylic acids is 2. The Kier molecular flexibility index (Phi) is 6.84. The normalized spacial score (nSPS) is 28.6. The summed E-state index contributed by atoms with van der Waals surface area (Å²) in [6, 6.07) is 8.05. The summed E-state index contributed by atoms with van der Waals surface area (Å²) < 4.78 is 0. The van der Waals surface area contributed by atoms with Gasteiger partial charge >= 0.3 is 0 Å². The van der Waals surface area contributed by atoms with Crippen LogP contribution in [0.3, 0.4) is 0 Å². The highest BCUT2D eigenvalue weighted by molar-refractivity contribution is 6.30. The minimum absolute atomic E-state index is 0.0427. The van der Waals surface area contributed by atoms with Crippen LogP contribution in [0.25, 0.3) is 0 Å². The minimum atomic E-state index is -0.292. The minimum Gasteiger partial charge on any atom is -0.369 e. The average molecular weight is 433 g/mol. The van der Waals surface area contributed by atoms with E-state index < -0.39 is 0 Å². The highest BCUT2D eigenvalue weighted by Gasteiger charge is 2.53. The smallest absolute Gasteiger partial charge is 0.224 e. The number of nitrogens with zero attached hydrogens (tertiary/aromatic N) is 2. The number of rotatable bonds is 8. The van der Waals surface area contributed by atoms with Crippen molar-refractivity contribution in [2.75, 3.05) is 44.2 Å². The second kappa shape index (κ2) is 9.56. The number of benzene rings is 1. The zero-order valence-electron chi connectivity index (χ0n) is 17.6. The number of unbranched alkanes of at least 4 members (excludes halogenated alkanes) is 1. The number of primary amides is 1. The number of fused-ring (bicyclic) bond motifs is 2. The van der Waals surface area contributed by atoms with Crippen molar-refractivity contribution in [3.63, 3.8) is 0 Å². The van der Waals surface area contributed by atoms with Crippen molar-refractivity contribution in [3.8, 4) is 0 Å². The van der Waals surface area contributed by atoms with E-state index in [9.17, 15) is 9.59 Å². The average Bonchev–Trinajstić information content (AvgIpc) is 3.35. The molecule has 6 nitrogen and oxygen atoms in total. The van der Waals surface area contributed by atoms with Crippen LogP contribution in [0, 0.1) is 23.7 Å². The molecule has 1 heterocycles. The van der Waals surface area contributed by atoms with Gasteiger partial charge in [0, 0.05) is 43.4 Å². The van der Waals surface area contributed by atoms with Gasteiger partial charge in [-0.05, 0) is 68.7 Å². The molecule has 2 amide bonds. The molecule has 1 aliphatic heterocycles. The Balaban J connectivity index is 1.13. The maximum absolute atomic E-state index is 12.7. The predicted octanol–water partition coefficient (Wildman–Crippen LogP) is 2.51. The summed E-state index contributed by atoms with van der Waals surface area (Å²) in [5, 5.41) is 3.86. The van der Waals surface area contributed by atoms with E-state index in [1.54, 1.807) is 0 Å². The van der Waals surface area contributed by atoms with E-state index in [0.717, 1.165) is 69.9 Å². The van der Waals surface area contributed by atoms with Gasteiger partial charge in [-0.2, -0.15) is 0 Å².